The molecule has 0 atom stereocenters. The van der Waals surface area contributed by atoms with Crippen molar-refractivity contribution in [2.24, 2.45) is 5.92 Å². The lowest BCUT2D eigenvalue weighted by atomic mass is 9.97. The molecule has 108 valence electrons. The standard InChI is InChI=1S/C13H27N3O.ClH/c1-13(2,3)15-12(17)10-16-7-5-11(6-8-16)9-14-4;/h11,14H,5-10H2,1-4H3,(H,15,17);1H. The van der Waals surface area contributed by atoms with Crippen LogP contribution in [0.2, 0.25) is 0 Å². The van der Waals surface area contributed by atoms with Crippen LogP contribution in [0.1, 0.15) is 33.6 Å². The van der Waals surface area contributed by atoms with Gasteiger partial charge in [-0.25, -0.2) is 0 Å². The van der Waals surface area contributed by atoms with Crippen molar-refractivity contribution in [1.29, 1.82) is 0 Å². The van der Waals surface area contributed by atoms with Crippen LogP contribution < -0.4 is 10.6 Å². The highest BCUT2D eigenvalue weighted by molar-refractivity contribution is 5.85. The summed E-state index contributed by atoms with van der Waals surface area (Å²) in [7, 11) is 2.00. The van der Waals surface area contributed by atoms with E-state index in [0.29, 0.717) is 6.54 Å². The van der Waals surface area contributed by atoms with E-state index in [-0.39, 0.29) is 23.9 Å². The normalized spacial score (nSPS) is 18.2. The Morgan fingerprint density at radius 3 is 2.28 bits per heavy atom. The molecule has 1 aliphatic heterocycles. The van der Waals surface area contributed by atoms with Crippen LogP contribution in [0.5, 0.6) is 0 Å². The lowest BCUT2D eigenvalue weighted by Gasteiger charge is -2.32. The van der Waals surface area contributed by atoms with E-state index in [2.05, 4.69) is 15.5 Å². The van der Waals surface area contributed by atoms with Gasteiger partial charge in [-0.05, 0) is 66.2 Å². The molecule has 1 saturated heterocycles. The Morgan fingerprint density at radius 2 is 1.83 bits per heavy atom. The average molecular weight is 278 g/mol. The second kappa shape index (κ2) is 7.97. The van der Waals surface area contributed by atoms with Gasteiger partial charge in [0.05, 0.1) is 6.54 Å². The molecule has 0 radical (unpaired) electrons. The summed E-state index contributed by atoms with van der Waals surface area (Å²) in [6.07, 6.45) is 2.40. The highest BCUT2D eigenvalue weighted by atomic mass is 35.5. The van der Waals surface area contributed by atoms with E-state index in [1.807, 2.05) is 27.8 Å². The van der Waals surface area contributed by atoms with Crippen LogP contribution in [0, 0.1) is 5.92 Å². The average Bonchev–Trinajstić information content (AvgIpc) is 2.18. The molecule has 1 amide bonds. The van der Waals surface area contributed by atoms with Crippen LogP contribution in [0.15, 0.2) is 0 Å². The number of carbonyl (C=O) groups excluding carboxylic acids is 1. The Bertz CT molecular complexity index is 245. The van der Waals surface area contributed by atoms with E-state index < -0.39 is 0 Å². The van der Waals surface area contributed by atoms with Crippen molar-refractivity contribution in [2.75, 3.05) is 33.2 Å². The van der Waals surface area contributed by atoms with Crippen LogP contribution in [0.4, 0.5) is 0 Å². The van der Waals surface area contributed by atoms with Gasteiger partial charge in [-0.2, -0.15) is 0 Å². The molecule has 0 unspecified atom stereocenters. The lowest BCUT2D eigenvalue weighted by molar-refractivity contribution is -0.124. The number of piperidine rings is 1. The SMILES string of the molecule is CNCC1CCN(CC(=O)NC(C)(C)C)CC1.Cl. The number of hydrogen-bond acceptors (Lipinski definition) is 3. The molecule has 1 fully saturated rings. The largest absolute Gasteiger partial charge is 0.350 e. The summed E-state index contributed by atoms with van der Waals surface area (Å²) in [4.78, 5) is 14.0. The zero-order chi connectivity index (χ0) is 12.9. The Balaban J connectivity index is 0.00000289. The molecule has 1 rings (SSSR count). The Morgan fingerprint density at radius 1 is 1.28 bits per heavy atom. The van der Waals surface area contributed by atoms with Gasteiger partial charge in [-0.3, -0.25) is 9.69 Å². The summed E-state index contributed by atoms with van der Waals surface area (Å²) in [5, 5.41) is 6.24. The predicted molar refractivity (Wildman–Crippen MR) is 78.2 cm³/mol. The number of rotatable bonds is 4. The van der Waals surface area contributed by atoms with Crippen molar-refractivity contribution in [1.82, 2.24) is 15.5 Å². The lowest BCUT2D eigenvalue weighted by Crippen LogP contribution is -2.47. The minimum Gasteiger partial charge on any atom is -0.350 e. The van der Waals surface area contributed by atoms with Crippen LogP contribution in [0.3, 0.4) is 0 Å². The minimum absolute atomic E-state index is 0. The number of likely N-dealkylation sites (tertiary alicyclic amines) is 1. The summed E-state index contributed by atoms with van der Waals surface area (Å²) in [5.74, 6) is 0.923. The van der Waals surface area contributed by atoms with Crippen LogP contribution in [0.25, 0.3) is 0 Å². The Kier molecular flexibility index (Phi) is 7.83. The summed E-state index contributed by atoms with van der Waals surface area (Å²) in [5.41, 5.74) is -0.123. The van der Waals surface area contributed by atoms with Gasteiger partial charge in [-0.1, -0.05) is 0 Å². The molecule has 0 saturated carbocycles. The topological polar surface area (TPSA) is 44.4 Å². The Hall–Kier alpha value is -0.320. The monoisotopic (exact) mass is 277 g/mol. The molecule has 5 heteroatoms. The van der Waals surface area contributed by atoms with Crippen molar-refractivity contribution in [3.63, 3.8) is 0 Å². The van der Waals surface area contributed by atoms with Gasteiger partial charge < -0.3 is 10.6 Å². The number of nitrogens with one attached hydrogen (secondary N) is 2. The number of halogens is 1. The first-order valence-corrected chi connectivity index (χ1v) is 6.58. The number of amides is 1. The van der Waals surface area contributed by atoms with Gasteiger partial charge in [0, 0.05) is 5.54 Å². The van der Waals surface area contributed by atoms with E-state index in [1.165, 1.54) is 12.8 Å². The maximum atomic E-state index is 11.8. The first kappa shape index (κ1) is 17.7. The number of nitrogens with zero attached hydrogens (tertiary/aromatic N) is 1. The third-order valence-electron chi connectivity index (χ3n) is 3.08. The van der Waals surface area contributed by atoms with E-state index in [1.54, 1.807) is 0 Å². The molecule has 18 heavy (non-hydrogen) atoms. The second-order valence-electron chi connectivity index (χ2n) is 6.08. The van der Waals surface area contributed by atoms with Crippen molar-refractivity contribution in [3.05, 3.63) is 0 Å². The van der Waals surface area contributed by atoms with E-state index >= 15 is 0 Å². The maximum absolute atomic E-state index is 11.8. The molecular formula is C13H28ClN3O. The predicted octanol–water partition coefficient (Wildman–Crippen LogP) is 1.25. The fourth-order valence-electron chi connectivity index (χ4n) is 2.30. The summed E-state index contributed by atoms with van der Waals surface area (Å²) < 4.78 is 0. The first-order chi connectivity index (χ1) is 7.90. The third-order valence-corrected chi connectivity index (χ3v) is 3.08. The molecule has 4 nitrogen and oxygen atoms in total. The van der Waals surface area contributed by atoms with Gasteiger partial charge >= 0.3 is 0 Å². The molecule has 0 bridgehead atoms. The number of hydrogen-bond donors (Lipinski definition) is 2. The van der Waals surface area contributed by atoms with E-state index in [0.717, 1.165) is 25.6 Å². The fraction of sp³-hybridized carbons (Fsp3) is 0.923. The maximum Gasteiger partial charge on any atom is 0.234 e. The fourth-order valence-corrected chi connectivity index (χ4v) is 2.30. The number of carbonyl (C=O) groups is 1. The molecule has 0 aromatic heterocycles. The van der Waals surface area contributed by atoms with Crippen molar-refractivity contribution >= 4 is 18.3 Å². The zero-order valence-corrected chi connectivity index (χ0v) is 12.9. The van der Waals surface area contributed by atoms with Gasteiger partial charge in [-0.15, -0.1) is 12.4 Å². The molecular weight excluding hydrogens is 250 g/mol. The van der Waals surface area contributed by atoms with Gasteiger partial charge in [0.15, 0.2) is 0 Å². The van der Waals surface area contributed by atoms with Gasteiger partial charge in [0.1, 0.15) is 0 Å². The van der Waals surface area contributed by atoms with Crippen LogP contribution in [-0.4, -0.2) is 49.6 Å². The van der Waals surface area contributed by atoms with Crippen LogP contribution in [-0.2, 0) is 4.79 Å². The molecule has 1 aliphatic rings. The van der Waals surface area contributed by atoms with E-state index in [9.17, 15) is 4.79 Å². The van der Waals surface area contributed by atoms with Gasteiger partial charge in [0.25, 0.3) is 0 Å². The van der Waals surface area contributed by atoms with E-state index in [4.69, 9.17) is 0 Å². The molecule has 0 spiro atoms. The highest BCUT2D eigenvalue weighted by Gasteiger charge is 2.21. The van der Waals surface area contributed by atoms with Crippen molar-refractivity contribution < 1.29 is 4.79 Å². The third kappa shape index (κ3) is 7.19. The quantitative estimate of drug-likeness (QED) is 0.813. The molecule has 2 N–H and O–H groups in total. The minimum atomic E-state index is -0.123. The zero-order valence-electron chi connectivity index (χ0n) is 12.1. The summed E-state index contributed by atoms with van der Waals surface area (Å²) in [6.45, 7) is 9.79. The second-order valence-corrected chi connectivity index (χ2v) is 6.08. The highest BCUT2D eigenvalue weighted by Crippen LogP contribution is 2.15. The Labute approximate surface area is 117 Å². The smallest absolute Gasteiger partial charge is 0.234 e. The van der Waals surface area contributed by atoms with Gasteiger partial charge in [0.2, 0.25) is 5.91 Å². The van der Waals surface area contributed by atoms with Crippen molar-refractivity contribution in [2.45, 2.75) is 39.2 Å². The first-order valence-electron chi connectivity index (χ1n) is 6.58. The molecule has 1 heterocycles. The van der Waals surface area contributed by atoms with Crippen molar-refractivity contribution in [3.8, 4) is 0 Å². The summed E-state index contributed by atoms with van der Waals surface area (Å²) >= 11 is 0. The molecule has 0 aliphatic carbocycles. The molecule has 0 aromatic rings. The van der Waals surface area contributed by atoms with Crippen LogP contribution >= 0.6 is 12.4 Å². The summed E-state index contributed by atoms with van der Waals surface area (Å²) in [6, 6.07) is 0. The molecule has 0 aromatic carbocycles.